The van der Waals surface area contributed by atoms with E-state index in [0.717, 1.165) is 40.0 Å². The van der Waals surface area contributed by atoms with Crippen LogP contribution in [0, 0.1) is 11.6 Å². The fourth-order valence-electron chi connectivity index (χ4n) is 4.23. The van der Waals surface area contributed by atoms with E-state index in [-0.39, 0.29) is 10.5 Å². The average Bonchev–Trinajstić information content (AvgIpc) is 3.17. The van der Waals surface area contributed by atoms with Crippen LogP contribution < -0.4 is 15.0 Å². The van der Waals surface area contributed by atoms with E-state index in [2.05, 4.69) is 9.71 Å². The van der Waals surface area contributed by atoms with Crippen molar-refractivity contribution in [3.8, 4) is 17.0 Å². The number of anilines is 1. The van der Waals surface area contributed by atoms with E-state index in [4.69, 9.17) is 14.5 Å². The third-order valence-corrected chi connectivity index (χ3v) is 6.87. The zero-order valence-corrected chi connectivity index (χ0v) is 19.8. The van der Waals surface area contributed by atoms with Gasteiger partial charge in [0.05, 0.1) is 36.1 Å². The molecule has 36 heavy (non-hydrogen) atoms. The molecule has 1 N–H and O–H groups in total. The molecule has 11 heteroatoms. The molecule has 0 radical (unpaired) electrons. The normalized spacial score (nSPS) is 13.2. The third-order valence-electron chi connectivity index (χ3n) is 6.00. The standard InChI is InChI=1S/C25H19F2N5O3S/c1-34-24-21(30-36-22-5-3-17(26)11-19(22)27)10-16(12-28-24)14-2-4-20-15(8-14)9-18-23(29-20)32-13-35-7-6-31(32)25(18)33/h2-5,8-12,30H,6-7,13H2,1H3. The average molecular weight is 508 g/mol. The SMILES string of the molecule is COc1ncc(-c2ccc3nc4c(cc3c2)c(=O)n2n4COCC2)cc1NSc1ccc(F)cc1F. The summed E-state index contributed by atoms with van der Waals surface area (Å²) < 4.78 is 44.6. The van der Waals surface area contributed by atoms with Crippen molar-refractivity contribution in [2.24, 2.45) is 0 Å². The highest BCUT2D eigenvalue weighted by Gasteiger charge is 2.19. The predicted molar refractivity (Wildman–Crippen MR) is 133 cm³/mol. The van der Waals surface area contributed by atoms with Gasteiger partial charge in [-0.3, -0.25) is 4.79 Å². The molecule has 3 aromatic heterocycles. The van der Waals surface area contributed by atoms with Gasteiger partial charge in [0.1, 0.15) is 24.1 Å². The molecule has 2 aromatic carbocycles. The minimum absolute atomic E-state index is 0.0873. The number of nitrogens with one attached hydrogen (secondary N) is 1. The summed E-state index contributed by atoms with van der Waals surface area (Å²) in [4.78, 5) is 22.2. The summed E-state index contributed by atoms with van der Waals surface area (Å²) in [7, 11) is 1.49. The first-order valence-corrected chi connectivity index (χ1v) is 11.9. The number of aromatic nitrogens is 4. The minimum atomic E-state index is -0.668. The molecule has 0 fully saturated rings. The summed E-state index contributed by atoms with van der Waals surface area (Å²) in [6, 6.07) is 12.8. The van der Waals surface area contributed by atoms with Gasteiger partial charge in [-0.05, 0) is 53.9 Å². The van der Waals surface area contributed by atoms with Crippen molar-refractivity contribution >= 4 is 39.6 Å². The van der Waals surface area contributed by atoms with Gasteiger partial charge in [-0.25, -0.2) is 28.1 Å². The molecule has 0 saturated heterocycles. The van der Waals surface area contributed by atoms with Gasteiger partial charge in [0.2, 0.25) is 5.88 Å². The number of rotatable bonds is 5. The van der Waals surface area contributed by atoms with Gasteiger partial charge in [0.25, 0.3) is 5.56 Å². The van der Waals surface area contributed by atoms with Crippen LogP contribution in [-0.4, -0.2) is 33.0 Å². The molecular weight excluding hydrogens is 488 g/mol. The van der Waals surface area contributed by atoms with E-state index in [1.807, 2.05) is 30.3 Å². The fourth-order valence-corrected chi connectivity index (χ4v) is 4.89. The summed E-state index contributed by atoms with van der Waals surface area (Å²) in [5, 5.41) is 1.35. The maximum absolute atomic E-state index is 14.1. The Bertz CT molecular complexity index is 1700. The number of pyridine rings is 2. The van der Waals surface area contributed by atoms with E-state index in [1.165, 1.54) is 19.2 Å². The molecule has 1 aliphatic rings. The molecule has 0 unspecified atom stereocenters. The molecule has 0 spiro atoms. The summed E-state index contributed by atoms with van der Waals surface area (Å²) in [6.45, 7) is 1.28. The Balaban J connectivity index is 1.37. The molecule has 0 aliphatic carbocycles. The number of ether oxygens (including phenoxy) is 2. The maximum Gasteiger partial charge on any atom is 0.276 e. The second kappa shape index (κ2) is 8.92. The predicted octanol–water partition coefficient (Wildman–Crippen LogP) is 4.81. The lowest BCUT2D eigenvalue weighted by atomic mass is 10.0. The number of methoxy groups -OCH3 is 1. The Kier molecular flexibility index (Phi) is 5.57. The highest BCUT2D eigenvalue weighted by atomic mass is 32.2. The summed E-state index contributed by atoms with van der Waals surface area (Å²) in [6.07, 6.45) is 1.67. The lowest BCUT2D eigenvalue weighted by Crippen LogP contribution is -2.30. The summed E-state index contributed by atoms with van der Waals surface area (Å²) >= 11 is 0.990. The monoisotopic (exact) mass is 507 g/mol. The van der Waals surface area contributed by atoms with Crippen LogP contribution in [0.2, 0.25) is 0 Å². The number of fused-ring (bicyclic) bond motifs is 4. The van der Waals surface area contributed by atoms with E-state index in [1.54, 1.807) is 15.6 Å². The Morgan fingerprint density at radius 1 is 1.08 bits per heavy atom. The Morgan fingerprint density at radius 2 is 1.97 bits per heavy atom. The van der Waals surface area contributed by atoms with E-state index in [0.29, 0.717) is 42.5 Å². The molecule has 6 rings (SSSR count). The zero-order valence-electron chi connectivity index (χ0n) is 19.0. The van der Waals surface area contributed by atoms with Crippen LogP contribution >= 0.6 is 11.9 Å². The first-order valence-electron chi connectivity index (χ1n) is 11.1. The first kappa shape index (κ1) is 22.5. The highest BCUT2D eigenvalue weighted by Crippen LogP contribution is 2.33. The second-order valence-corrected chi connectivity index (χ2v) is 9.04. The van der Waals surface area contributed by atoms with Gasteiger partial charge >= 0.3 is 0 Å². The molecular formula is C25H19F2N5O3S. The van der Waals surface area contributed by atoms with Crippen LogP contribution in [0.15, 0.2) is 64.4 Å². The van der Waals surface area contributed by atoms with Crippen molar-refractivity contribution in [1.29, 1.82) is 0 Å². The third kappa shape index (κ3) is 3.86. The minimum Gasteiger partial charge on any atom is -0.480 e. The van der Waals surface area contributed by atoms with Gasteiger partial charge in [-0.2, -0.15) is 0 Å². The second-order valence-electron chi connectivity index (χ2n) is 8.19. The molecule has 0 amide bonds. The zero-order chi connectivity index (χ0) is 24.8. The van der Waals surface area contributed by atoms with Crippen molar-refractivity contribution in [3.05, 3.63) is 76.7 Å². The van der Waals surface area contributed by atoms with Crippen LogP contribution in [0.4, 0.5) is 14.5 Å². The quantitative estimate of drug-likeness (QED) is 0.342. The molecule has 5 aromatic rings. The lowest BCUT2D eigenvalue weighted by Gasteiger charge is -2.17. The Labute approximate surface area is 207 Å². The largest absolute Gasteiger partial charge is 0.480 e. The van der Waals surface area contributed by atoms with Crippen LogP contribution in [0.3, 0.4) is 0 Å². The summed E-state index contributed by atoms with van der Waals surface area (Å²) in [5.74, 6) is -0.982. The number of benzene rings is 2. The Hall–Kier alpha value is -3.96. The molecule has 182 valence electrons. The number of hydrogen-bond donors (Lipinski definition) is 1. The van der Waals surface area contributed by atoms with Gasteiger partial charge in [0, 0.05) is 23.2 Å². The van der Waals surface area contributed by atoms with Crippen molar-refractivity contribution in [1.82, 2.24) is 19.3 Å². The number of nitrogens with zero attached hydrogens (tertiary/aromatic N) is 4. The molecule has 0 saturated carbocycles. The summed E-state index contributed by atoms with van der Waals surface area (Å²) in [5.41, 5.74) is 3.42. The van der Waals surface area contributed by atoms with Crippen LogP contribution in [0.1, 0.15) is 0 Å². The van der Waals surface area contributed by atoms with Crippen molar-refractivity contribution < 1.29 is 18.3 Å². The van der Waals surface area contributed by atoms with Crippen molar-refractivity contribution in [2.45, 2.75) is 18.2 Å². The van der Waals surface area contributed by atoms with Crippen LogP contribution in [0.5, 0.6) is 5.88 Å². The molecule has 1 aliphatic heterocycles. The number of hydrogen-bond acceptors (Lipinski definition) is 7. The van der Waals surface area contributed by atoms with Crippen molar-refractivity contribution in [3.63, 3.8) is 0 Å². The highest BCUT2D eigenvalue weighted by molar-refractivity contribution is 8.00. The van der Waals surface area contributed by atoms with E-state index >= 15 is 0 Å². The van der Waals surface area contributed by atoms with E-state index in [9.17, 15) is 13.6 Å². The molecule has 8 nitrogen and oxygen atoms in total. The van der Waals surface area contributed by atoms with Crippen LogP contribution in [0.25, 0.3) is 33.1 Å². The van der Waals surface area contributed by atoms with E-state index < -0.39 is 11.6 Å². The molecule has 4 heterocycles. The number of halogens is 2. The van der Waals surface area contributed by atoms with Crippen molar-refractivity contribution in [2.75, 3.05) is 18.4 Å². The first-order chi connectivity index (χ1) is 17.5. The Morgan fingerprint density at radius 3 is 2.81 bits per heavy atom. The smallest absolute Gasteiger partial charge is 0.276 e. The maximum atomic E-state index is 14.1. The molecule has 0 bridgehead atoms. The lowest BCUT2D eigenvalue weighted by molar-refractivity contribution is 0.0175. The topological polar surface area (TPSA) is 83.2 Å². The van der Waals surface area contributed by atoms with Gasteiger partial charge in [-0.15, -0.1) is 0 Å². The van der Waals surface area contributed by atoms with Gasteiger partial charge < -0.3 is 14.2 Å². The molecule has 0 atom stereocenters. The van der Waals surface area contributed by atoms with Gasteiger partial charge in [-0.1, -0.05) is 6.07 Å². The van der Waals surface area contributed by atoms with Gasteiger partial charge in [0.15, 0.2) is 5.65 Å². The van der Waals surface area contributed by atoms with Crippen LogP contribution in [-0.2, 0) is 18.0 Å². The fraction of sp³-hybridized carbons (Fsp3) is 0.160.